The Labute approximate surface area is 107 Å². The molecule has 0 aliphatic rings. The highest BCUT2D eigenvalue weighted by Gasteiger charge is 2.35. The molecule has 0 rings (SSSR count). The fourth-order valence-electron chi connectivity index (χ4n) is 2.00. The van der Waals surface area contributed by atoms with E-state index in [0.717, 1.165) is 19.1 Å². The van der Waals surface area contributed by atoms with Crippen molar-refractivity contribution < 1.29 is 8.85 Å². The van der Waals surface area contributed by atoms with E-state index in [9.17, 15) is 0 Å². The molecule has 0 bridgehead atoms. The molecule has 0 fully saturated rings. The third-order valence-electron chi connectivity index (χ3n) is 2.26. The summed E-state index contributed by atoms with van der Waals surface area (Å²) in [5.41, 5.74) is 6.11. The highest BCUT2D eigenvalue weighted by molar-refractivity contribution is 6.66. The molecule has 17 heavy (non-hydrogen) atoms. The van der Waals surface area contributed by atoms with Gasteiger partial charge in [0.05, 0.1) is 0 Å². The second-order valence-corrected chi connectivity index (χ2v) is 8.39. The van der Waals surface area contributed by atoms with Crippen molar-refractivity contribution in [3.63, 3.8) is 0 Å². The first-order chi connectivity index (χ1) is 7.79. The second kappa shape index (κ2) is 8.21. The van der Waals surface area contributed by atoms with Crippen LogP contribution in [0, 0.1) is 0 Å². The van der Waals surface area contributed by atoms with E-state index in [4.69, 9.17) is 14.6 Å². The first kappa shape index (κ1) is 17.1. The molecule has 0 heterocycles. The Morgan fingerprint density at radius 3 is 1.94 bits per heavy atom. The molecule has 5 heteroatoms. The fourth-order valence-corrected chi connectivity index (χ4v) is 5.34. The average Bonchev–Trinajstić information content (AvgIpc) is 2.10. The van der Waals surface area contributed by atoms with Gasteiger partial charge in [-0.3, -0.25) is 0 Å². The zero-order chi connectivity index (χ0) is 13.5. The van der Waals surface area contributed by atoms with Gasteiger partial charge < -0.3 is 19.9 Å². The van der Waals surface area contributed by atoms with Gasteiger partial charge in [-0.2, -0.15) is 0 Å². The molecule has 0 aliphatic carbocycles. The molecular formula is C12H30N2O2Si. The second-order valence-electron chi connectivity index (χ2n) is 5.24. The summed E-state index contributed by atoms with van der Waals surface area (Å²) in [6.45, 7) is 14.1. The van der Waals surface area contributed by atoms with E-state index in [1.807, 2.05) is 27.7 Å². The lowest BCUT2D eigenvalue weighted by Crippen LogP contribution is -2.49. The number of likely N-dealkylation sites (N-methyl/N-ethyl adjacent to an activating group) is 1. The minimum Gasteiger partial charge on any atom is -0.392 e. The Bertz CT molecular complexity index is 191. The van der Waals surface area contributed by atoms with Crippen LogP contribution in [0.4, 0.5) is 0 Å². The van der Waals surface area contributed by atoms with Crippen LogP contribution < -0.4 is 11.1 Å². The fraction of sp³-hybridized carbons (Fsp3) is 1.00. The molecule has 4 nitrogen and oxygen atoms in total. The van der Waals surface area contributed by atoms with Gasteiger partial charge in [0.1, 0.15) is 0 Å². The largest absolute Gasteiger partial charge is 0.392 e. The number of nitrogens with two attached hydrogens (primary N) is 1. The van der Waals surface area contributed by atoms with Gasteiger partial charge in [0.25, 0.3) is 0 Å². The Morgan fingerprint density at radius 1 is 1.12 bits per heavy atom. The molecule has 1 atom stereocenters. The van der Waals surface area contributed by atoms with Crippen LogP contribution in [-0.4, -0.2) is 39.9 Å². The summed E-state index contributed by atoms with van der Waals surface area (Å²) < 4.78 is 12.0. The van der Waals surface area contributed by atoms with Gasteiger partial charge in [0, 0.05) is 30.8 Å². The molecule has 3 N–H and O–H groups in total. The molecule has 0 amide bonds. The monoisotopic (exact) mass is 262 g/mol. The highest BCUT2D eigenvalue weighted by atomic mass is 28.4. The van der Waals surface area contributed by atoms with Crippen molar-refractivity contribution in [3.8, 4) is 0 Å². The molecule has 104 valence electrons. The number of hydrogen-bond acceptors (Lipinski definition) is 4. The van der Waals surface area contributed by atoms with Crippen LogP contribution >= 0.6 is 0 Å². The van der Waals surface area contributed by atoms with E-state index >= 15 is 0 Å². The van der Waals surface area contributed by atoms with Crippen LogP contribution in [0.2, 0.25) is 12.6 Å². The lowest BCUT2D eigenvalue weighted by molar-refractivity contribution is 0.108. The Hall–Kier alpha value is 0.0569. The van der Waals surface area contributed by atoms with Crippen LogP contribution in [0.5, 0.6) is 0 Å². The molecule has 0 spiro atoms. The van der Waals surface area contributed by atoms with Crippen molar-refractivity contribution in [1.82, 2.24) is 5.32 Å². The van der Waals surface area contributed by atoms with E-state index in [1.165, 1.54) is 0 Å². The number of hydrogen-bond donors (Lipinski definition) is 2. The molecule has 0 aliphatic heterocycles. The van der Waals surface area contributed by atoms with Crippen LogP contribution in [0.3, 0.4) is 0 Å². The minimum absolute atomic E-state index is 0.101. The Balaban J connectivity index is 4.35. The van der Waals surface area contributed by atoms with Crippen LogP contribution in [0.1, 0.15) is 34.6 Å². The van der Waals surface area contributed by atoms with Gasteiger partial charge in [-0.1, -0.05) is 6.92 Å². The molecule has 0 aromatic rings. The maximum Gasteiger partial charge on any atom is 0.336 e. The molecule has 0 saturated carbocycles. The summed E-state index contributed by atoms with van der Waals surface area (Å²) in [5.74, 6) is 0. The molecule has 0 radical (unpaired) electrons. The zero-order valence-corrected chi connectivity index (χ0v) is 13.2. The third kappa shape index (κ3) is 8.74. The van der Waals surface area contributed by atoms with Gasteiger partial charge in [0.2, 0.25) is 0 Å². The molecular weight excluding hydrogens is 232 g/mol. The van der Waals surface area contributed by atoms with E-state index < -0.39 is 8.56 Å². The SMILES string of the molecule is CCNCC(N)C[Si](C)(OC(C)C)OC(C)C. The number of nitrogens with one attached hydrogen (secondary N) is 1. The van der Waals surface area contributed by atoms with Crippen molar-refractivity contribution in [2.45, 2.75) is 65.5 Å². The summed E-state index contributed by atoms with van der Waals surface area (Å²) in [4.78, 5) is 0. The highest BCUT2D eigenvalue weighted by Crippen LogP contribution is 2.19. The van der Waals surface area contributed by atoms with Crippen molar-refractivity contribution >= 4 is 8.56 Å². The van der Waals surface area contributed by atoms with Crippen molar-refractivity contribution in [2.75, 3.05) is 13.1 Å². The first-order valence-electron chi connectivity index (χ1n) is 6.61. The van der Waals surface area contributed by atoms with Gasteiger partial charge in [0.15, 0.2) is 0 Å². The van der Waals surface area contributed by atoms with Gasteiger partial charge in [-0.05, 0) is 40.8 Å². The topological polar surface area (TPSA) is 56.5 Å². The molecule has 0 aromatic carbocycles. The lowest BCUT2D eigenvalue weighted by atomic mass is 10.3. The Kier molecular flexibility index (Phi) is 8.24. The van der Waals surface area contributed by atoms with Crippen LogP contribution in [0.25, 0.3) is 0 Å². The lowest BCUT2D eigenvalue weighted by Gasteiger charge is -2.33. The van der Waals surface area contributed by atoms with E-state index in [-0.39, 0.29) is 18.2 Å². The van der Waals surface area contributed by atoms with Crippen LogP contribution in [0.15, 0.2) is 0 Å². The van der Waals surface area contributed by atoms with Gasteiger partial charge in [-0.25, -0.2) is 0 Å². The normalized spacial score (nSPS) is 14.6. The van der Waals surface area contributed by atoms with Crippen molar-refractivity contribution in [3.05, 3.63) is 0 Å². The first-order valence-corrected chi connectivity index (χ1v) is 9.13. The van der Waals surface area contributed by atoms with Crippen molar-refractivity contribution in [2.24, 2.45) is 5.73 Å². The predicted molar refractivity (Wildman–Crippen MR) is 75.4 cm³/mol. The standard InChI is InChI=1S/C12H30N2O2Si/c1-7-14-8-12(13)9-17(6,15-10(2)3)16-11(4)5/h10-12,14H,7-9,13H2,1-6H3. The summed E-state index contributed by atoms with van der Waals surface area (Å²) in [5, 5.41) is 3.26. The average molecular weight is 262 g/mol. The number of rotatable bonds is 9. The van der Waals surface area contributed by atoms with Crippen molar-refractivity contribution in [1.29, 1.82) is 0 Å². The quantitative estimate of drug-likeness (QED) is 0.623. The maximum absolute atomic E-state index is 6.11. The summed E-state index contributed by atoms with van der Waals surface area (Å²) in [6.07, 6.45) is 0.383. The van der Waals surface area contributed by atoms with E-state index in [1.54, 1.807) is 0 Å². The third-order valence-corrected chi connectivity index (χ3v) is 5.47. The smallest absolute Gasteiger partial charge is 0.336 e. The minimum atomic E-state index is -2.15. The van der Waals surface area contributed by atoms with Gasteiger partial charge >= 0.3 is 8.56 Å². The molecule has 0 saturated heterocycles. The summed E-state index contributed by atoms with van der Waals surface area (Å²) >= 11 is 0. The molecule has 1 unspecified atom stereocenters. The predicted octanol–water partition coefficient (Wildman–Crippen LogP) is 1.85. The van der Waals surface area contributed by atoms with Crippen LogP contribution in [-0.2, 0) is 8.85 Å². The summed E-state index contributed by atoms with van der Waals surface area (Å²) in [6, 6.07) is 0.931. The van der Waals surface area contributed by atoms with Gasteiger partial charge in [-0.15, -0.1) is 0 Å². The van der Waals surface area contributed by atoms with E-state index in [2.05, 4.69) is 18.8 Å². The Morgan fingerprint density at radius 2 is 1.59 bits per heavy atom. The summed E-state index contributed by atoms with van der Waals surface area (Å²) in [7, 11) is -2.15. The van der Waals surface area contributed by atoms with E-state index in [0.29, 0.717) is 0 Å². The maximum atomic E-state index is 6.11. The zero-order valence-electron chi connectivity index (χ0n) is 12.2. The molecule has 0 aromatic heterocycles.